The number of nitrogens with two attached hydrogens (primary N) is 1. The second-order valence-electron chi connectivity index (χ2n) is 9.42. The van der Waals surface area contributed by atoms with Crippen LogP contribution in [0.3, 0.4) is 0 Å². The van der Waals surface area contributed by atoms with Crippen molar-refractivity contribution in [3.05, 3.63) is 77.6 Å². The van der Waals surface area contributed by atoms with Gasteiger partial charge in [-0.1, -0.05) is 18.2 Å². The summed E-state index contributed by atoms with van der Waals surface area (Å²) in [6, 6.07) is 17.2. The summed E-state index contributed by atoms with van der Waals surface area (Å²) in [5.74, 6) is -0.945. The average Bonchev–Trinajstić information content (AvgIpc) is 3.39. The van der Waals surface area contributed by atoms with Crippen LogP contribution in [0.15, 0.2) is 65.1 Å². The molecule has 1 aromatic heterocycles. The number of anilines is 2. The minimum Gasteiger partial charge on any atom is -0.467 e. The molecule has 5 N–H and O–H groups in total. The Morgan fingerprint density at radius 3 is 2.52 bits per heavy atom. The van der Waals surface area contributed by atoms with E-state index >= 15 is 0 Å². The summed E-state index contributed by atoms with van der Waals surface area (Å²) >= 11 is 0. The molecule has 0 radical (unpaired) electrons. The number of halogens is 1. The quantitative estimate of drug-likeness (QED) is 0.141. The van der Waals surface area contributed by atoms with Gasteiger partial charge in [-0.2, -0.15) is 0 Å². The highest BCUT2D eigenvalue weighted by Crippen LogP contribution is 2.28. The van der Waals surface area contributed by atoms with E-state index in [1.807, 2.05) is 31.3 Å². The number of fused-ring (bicyclic) bond motifs is 1. The van der Waals surface area contributed by atoms with Crippen LogP contribution in [0.2, 0.25) is 0 Å². The number of nitrogens with one attached hydrogen (secondary N) is 3. The van der Waals surface area contributed by atoms with Gasteiger partial charge in [-0.15, -0.1) is 0 Å². The zero-order valence-corrected chi connectivity index (χ0v) is 22.6. The first-order valence-corrected chi connectivity index (χ1v) is 13.2. The number of carbonyl (C=O) groups excluding carboxylic acids is 2. The largest absolute Gasteiger partial charge is 0.467 e. The van der Waals surface area contributed by atoms with Crippen LogP contribution in [0.25, 0.3) is 22.6 Å². The van der Waals surface area contributed by atoms with Crippen molar-refractivity contribution in [2.45, 2.75) is 38.3 Å². The molecule has 210 valence electrons. The number of hydrogen-bond donors (Lipinski definition) is 4. The molecule has 4 rings (SSSR count). The molecule has 0 aliphatic carbocycles. The molecule has 0 saturated carbocycles. The predicted octanol–water partition coefficient (Wildman–Crippen LogP) is 4.62. The second kappa shape index (κ2) is 13.6. The Kier molecular flexibility index (Phi) is 9.69. The van der Waals surface area contributed by atoms with Crippen molar-refractivity contribution in [2.75, 3.05) is 31.3 Å². The molecule has 3 aromatic carbocycles. The van der Waals surface area contributed by atoms with Gasteiger partial charge in [-0.25, -0.2) is 14.2 Å². The number of unbranched alkanes of at least 4 members (excludes halogenated alkanes) is 1. The van der Waals surface area contributed by atoms with E-state index in [4.69, 9.17) is 14.9 Å². The maximum Gasteiger partial charge on any atom is 0.328 e. The van der Waals surface area contributed by atoms with Crippen LogP contribution in [0, 0.1) is 5.82 Å². The van der Waals surface area contributed by atoms with Gasteiger partial charge in [-0.3, -0.25) is 4.79 Å². The topological polar surface area (TPSA) is 132 Å². The highest BCUT2D eigenvalue weighted by molar-refractivity contribution is 5.86. The lowest BCUT2D eigenvalue weighted by Crippen LogP contribution is -2.42. The number of esters is 1. The Bertz CT molecular complexity index is 1450. The fourth-order valence-corrected chi connectivity index (χ4v) is 4.30. The Morgan fingerprint density at radius 1 is 1.05 bits per heavy atom. The number of ether oxygens (including phenoxy) is 1. The molecule has 0 fully saturated rings. The number of oxazole rings is 1. The fourth-order valence-electron chi connectivity index (χ4n) is 4.30. The first kappa shape index (κ1) is 28.6. The van der Waals surface area contributed by atoms with Crippen molar-refractivity contribution < 1.29 is 23.1 Å². The lowest BCUT2D eigenvalue weighted by molar-refractivity contribution is -0.145. The third-order valence-electron chi connectivity index (χ3n) is 6.53. The minimum absolute atomic E-state index is 0.0508. The van der Waals surface area contributed by atoms with Crippen LogP contribution in [0.4, 0.5) is 15.8 Å². The maximum atomic E-state index is 14.9. The number of rotatable bonds is 13. The zero-order chi connectivity index (χ0) is 28.5. The second-order valence-corrected chi connectivity index (χ2v) is 9.42. The van der Waals surface area contributed by atoms with Crippen molar-refractivity contribution in [3.63, 3.8) is 0 Å². The molecular weight excluding hydrogens is 513 g/mol. The molecule has 1 unspecified atom stereocenters. The van der Waals surface area contributed by atoms with E-state index in [0.29, 0.717) is 53.8 Å². The van der Waals surface area contributed by atoms with Crippen LogP contribution in [0.1, 0.15) is 30.4 Å². The Hall–Kier alpha value is -4.44. The summed E-state index contributed by atoms with van der Waals surface area (Å²) in [4.78, 5) is 29.2. The predicted molar refractivity (Wildman–Crippen MR) is 153 cm³/mol. The summed E-state index contributed by atoms with van der Waals surface area (Å²) in [7, 11) is 3.15. The zero-order valence-electron chi connectivity index (χ0n) is 22.6. The molecule has 0 aliphatic heterocycles. The molecule has 4 aromatic rings. The van der Waals surface area contributed by atoms with Gasteiger partial charge in [-0.05, 0) is 79.4 Å². The number of carbonyl (C=O) groups is 2. The molecular formula is C30H34FN5O4. The smallest absolute Gasteiger partial charge is 0.328 e. The standard InChI is InChI=1S/C30H34FN5O4/c1-33-22-10-6-19(7-11-22)18-34-24-12-9-21(17-23(24)31)29-36-26-15-20(8-13-27(26)40-29)16-28(37)35-25(30(38)39-2)5-3-4-14-32/h6-13,15,17,25,33-34H,3-5,14,16,18,32H2,1-2H3,(H,35,37). The van der Waals surface area contributed by atoms with E-state index in [-0.39, 0.29) is 18.2 Å². The average molecular weight is 548 g/mol. The monoisotopic (exact) mass is 547 g/mol. The van der Waals surface area contributed by atoms with Gasteiger partial charge >= 0.3 is 5.97 Å². The number of methoxy groups -OCH3 is 1. The molecule has 1 amide bonds. The first-order chi connectivity index (χ1) is 19.4. The normalized spacial score (nSPS) is 11.7. The van der Waals surface area contributed by atoms with Crippen molar-refractivity contribution in [1.29, 1.82) is 0 Å². The fraction of sp³-hybridized carbons (Fsp3) is 0.300. The van der Waals surface area contributed by atoms with Crippen LogP contribution in [-0.4, -0.2) is 43.6 Å². The van der Waals surface area contributed by atoms with E-state index in [0.717, 1.165) is 17.7 Å². The summed E-state index contributed by atoms with van der Waals surface area (Å²) in [6.45, 7) is 0.995. The van der Waals surface area contributed by atoms with Crippen molar-refractivity contribution in [2.24, 2.45) is 5.73 Å². The van der Waals surface area contributed by atoms with E-state index in [2.05, 4.69) is 20.9 Å². The van der Waals surface area contributed by atoms with Gasteiger partial charge in [0, 0.05) is 24.8 Å². The summed E-state index contributed by atoms with van der Waals surface area (Å²) in [5.41, 5.74) is 10.2. The van der Waals surface area contributed by atoms with Crippen LogP contribution < -0.4 is 21.7 Å². The molecule has 0 spiro atoms. The molecule has 0 bridgehead atoms. The van der Waals surface area contributed by atoms with Crippen LogP contribution >= 0.6 is 0 Å². The van der Waals surface area contributed by atoms with E-state index in [1.165, 1.54) is 13.2 Å². The SMILES string of the molecule is CNc1ccc(CNc2ccc(-c3nc4cc(CC(=O)NC(CCCCN)C(=O)OC)ccc4o3)cc2F)cc1. The van der Waals surface area contributed by atoms with Crippen molar-refractivity contribution >= 4 is 34.4 Å². The molecule has 1 heterocycles. The van der Waals surface area contributed by atoms with Crippen LogP contribution in [-0.2, 0) is 27.3 Å². The Labute approximate surface area is 232 Å². The summed E-state index contributed by atoms with van der Waals surface area (Å²) < 4.78 is 25.5. The van der Waals surface area contributed by atoms with Gasteiger partial charge in [0.2, 0.25) is 11.8 Å². The van der Waals surface area contributed by atoms with Gasteiger partial charge in [0.15, 0.2) is 5.58 Å². The third-order valence-corrected chi connectivity index (χ3v) is 6.53. The molecule has 40 heavy (non-hydrogen) atoms. The lowest BCUT2D eigenvalue weighted by atomic mass is 10.1. The minimum atomic E-state index is -0.724. The first-order valence-electron chi connectivity index (χ1n) is 13.2. The Morgan fingerprint density at radius 2 is 1.82 bits per heavy atom. The van der Waals surface area contributed by atoms with Gasteiger partial charge in [0.25, 0.3) is 0 Å². The number of amides is 1. The summed E-state index contributed by atoms with van der Waals surface area (Å²) in [5, 5.41) is 8.93. The third kappa shape index (κ3) is 7.35. The number of nitrogens with zero attached hydrogens (tertiary/aromatic N) is 1. The van der Waals surface area contributed by atoms with E-state index in [1.54, 1.807) is 30.3 Å². The summed E-state index contributed by atoms with van der Waals surface area (Å²) in [6.07, 6.45) is 1.96. The number of hydrogen-bond acceptors (Lipinski definition) is 8. The lowest BCUT2D eigenvalue weighted by Gasteiger charge is -2.16. The van der Waals surface area contributed by atoms with Gasteiger partial charge in [0.1, 0.15) is 17.4 Å². The molecule has 0 aliphatic rings. The number of aromatic nitrogens is 1. The highest BCUT2D eigenvalue weighted by Gasteiger charge is 2.21. The van der Waals surface area contributed by atoms with Gasteiger partial charge < -0.3 is 30.8 Å². The number of benzene rings is 3. The molecule has 9 nitrogen and oxygen atoms in total. The van der Waals surface area contributed by atoms with E-state index < -0.39 is 17.8 Å². The van der Waals surface area contributed by atoms with Gasteiger partial charge in [0.05, 0.1) is 19.2 Å². The molecule has 0 saturated heterocycles. The molecule has 1 atom stereocenters. The van der Waals surface area contributed by atoms with E-state index in [9.17, 15) is 14.0 Å². The highest BCUT2D eigenvalue weighted by atomic mass is 19.1. The maximum absolute atomic E-state index is 14.9. The van der Waals surface area contributed by atoms with Crippen LogP contribution in [0.5, 0.6) is 0 Å². The molecule has 10 heteroatoms. The Balaban J connectivity index is 1.41. The van der Waals surface area contributed by atoms with Crippen molar-refractivity contribution in [3.8, 4) is 11.5 Å². The van der Waals surface area contributed by atoms with Crippen molar-refractivity contribution in [1.82, 2.24) is 10.3 Å².